The van der Waals surface area contributed by atoms with Crippen LogP contribution in [0.1, 0.15) is 53.0 Å². The van der Waals surface area contributed by atoms with E-state index in [1.54, 1.807) is 18.2 Å². The average molecular weight is 474 g/mol. The minimum Gasteiger partial charge on any atom is -0.371 e. The lowest BCUT2D eigenvalue weighted by Crippen LogP contribution is -2.37. The SMILES string of the molecule is CC(C)NC(=O)c1cc(NC(=O)c2cccc(F)c2)ccc1N1CCC(Cc2ccccc2)CC1. The quantitative estimate of drug-likeness (QED) is 0.464. The molecule has 182 valence electrons. The number of carbonyl (C=O) groups excluding carboxylic acids is 2. The molecule has 6 heteroatoms. The number of benzene rings is 3. The van der Waals surface area contributed by atoms with Crippen LogP contribution in [0.5, 0.6) is 0 Å². The minimum absolute atomic E-state index is 0.0162. The third-order valence-corrected chi connectivity index (χ3v) is 6.33. The number of carbonyl (C=O) groups is 2. The zero-order valence-electron chi connectivity index (χ0n) is 20.3. The Labute approximate surface area is 206 Å². The number of nitrogens with zero attached hydrogens (tertiary/aromatic N) is 1. The van der Waals surface area contributed by atoms with E-state index >= 15 is 0 Å². The molecule has 0 saturated carbocycles. The Balaban J connectivity index is 1.50. The molecule has 4 rings (SSSR count). The van der Waals surface area contributed by atoms with Gasteiger partial charge in [0.25, 0.3) is 11.8 Å². The molecule has 1 heterocycles. The van der Waals surface area contributed by atoms with Gasteiger partial charge < -0.3 is 15.5 Å². The topological polar surface area (TPSA) is 61.4 Å². The fraction of sp³-hybridized carbons (Fsp3) is 0.310. The normalized spacial score (nSPS) is 14.1. The average Bonchev–Trinajstić information content (AvgIpc) is 2.85. The maximum atomic E-state index is 13.5. The smallest absolute Gasteiger partial charge is 0.255 e. The molecule has 1 saturated heterocycles. The number of halogens is 1. The molecule has 0 bridgehead atoms. The summed E-state index contributed by atoms with van der Waals surface area (Å²) in [6, 6.07) is 21.5. The Morgan fingerprint density at radius 1 is 0.943 bits per heavy atom. The van der Waals surface area contributed by atoms with Crippen molar-refractivity contribution in [2.45, 2.75) is 39.2 Å². The molecule has 5 nitrogen and oxygen atoms in total. The molecule has 0 atom stereocenters. The molecule has 2 N–H and O–H groups in total. The number of amides is 2. The van der Waals surface area contributed by atoms with E-state index in [0.29, 0.717) is 17.2 Å². The predicted molar refractivity (Wildman–Crippen MR) is 138 cm³/mol. The van der Waals surface area contributed by atoms with Gasteiger partial charge in [0, 0.05) is 36.1 Å². The van der Waals surface area contributed by atoms with Gasteiger partial charge in [-0.3, -0.25) is 9.59 Å². The van der Waals surface area contributed by atoms with E-state index in [1.165, 1.54) is 23.8 Å². The van der Waals surface area contributed by atoms with Crippen LogP contribution in [0.4, 0.5) is 15.8 Å². The number of hydrogen-bond acceptors (Lipinski definition) is 3. The van der Waals surface area contributed by atoms with Gasteiger partial charge in [0.05, 0.1) is 5.56 Å². The van der Waals surface area contributed by atoms with Crippen LogP contribution in [0.15, 0.2) is 72.8 Å². The van der Waals surface area contributed by atoms with Crippen LogP contribution >= 0.6 is 0 Å². The van der Waals surface area contributed by atoms with E-state index < -0.39 is 11.7 Å². The van der Waals surface area contributed by atoms with Crippen molar-refractivity contribution in [3.63, 3.8) is 0 Å². The van der Waals surface area contributed by atoms with Gasteiger partial charge in [-0.05, 0) is 81.0 Å². The summed E-state index contributed by atoms with van der Waals surface area (Å²) in [6.07, 6.45) is 3.18. The summed E-state index contributed by atoms with van der Waals surface area (Å²) in [5.74, 6) is -0.454. The number of rotatable bonds is 7. The van der Waals surface area contributed by atoms with Crippen molar-refractivity contribution < 1.29 is 14.0 Å². The Hall–Kier alpha value is -3.67. The van der Waals surface area contributed by atoms with Gasteiger partial charge in [0.15, 0.2) is 0 Å². The molecule has 3 aromatic carbocycles. The van der Waals surface area contributed by atoms with Gasteiger partial charge in [-0.2, -0.15) is 0 Å². The number of nitrogens with one attached hydrogen (secondary N) is 2. The summed E-state index contributed by atoms with van der Waals surface area (Å²) in [7, 11) is 0. The summed E-state index contributed by atoms with van der Waals surface area (Å²) < 4.78 is 13.5. The zero-order valence-corrected chi connectivity index (χ0v) is 20.3. The summed E-state index contributed by atoms with van der Waals surface area (Å²) in [4.78, 5) is 27.9. The fourth-order valence-corrected chi connectivity index (χ4v) is 4.57. The summed E-state index contributed by atoms with van der Waals surface area (Å²) >= 11 is 0. The highest BCUT2D eigenvalue weighted by atomic mass is 19.1. The summed E-state index contributed by atoms with van der Waals surface area (Å²) in [5, 5.41) is 5.77. The molecule has 0 radical (unpaired) electrons. The first-order valence-corrected chi connectivity index (χ1v) is 12.2. The van der Waals surface area contributed by atoms with E-state index in [0.717, 1.165) is 38.0 Å². The van der Waals surface area contributed by atoms with Crippen molar-refractivity contribution in [1.82, 2.24) is 5.32 Å². The molecule has 3 aromatic rings. The first-order valence-electron chi connectivity index (χ1n) is 12.2. The van der Waals surface area contributed by atoms with Crippen LogP contribution in [0.3, 0.4) is 0 Å². The maximum Gasteiger partial charge on any atom is 0.255 e. The van der Waals surface area contributed by atoms with E-state index in [4.69, 9.17) is 0 Å². The molecule has 0 aromatic heterocycles. The summed E-state index contributed by atoms with van der Waals surface area (Å²) in [5.41, 5.74) is 3.47. The minimum atomic E-state index is -0.472. The largest absolute Gasteiger partial charge is 0.371 e. The number of anilines is 2. The van der Waals surface area contributed by atoms with Crippen molar-refractivity contribution in [1.29, 1.82) is 0 Å². The highest BCUT2D eigenvalue weighted by Gasteiger charge is 2.24. The second kappa shape index (κ2) is 11.2. The van der Waals surface area contributed by atoms with Crippen LogP contribution in [-0.2, 0) is 6.42 Å². The van der Waals surface area contributed by atoms with Crippen molar-refractivity contribution in [2.75, 3.05) is 23.3 Å². The van der Waals surface area contributed by atoms with Crippen molar-refractivity contribution in [2.24, 2.45) is 5.92 Å². The van der Waals surface area contributed by atoms with E-state index in [-0.39, 0.29) is 17.5 Å². The fourth-order valence-electron chi connectivity index (χ4n) is 4.57. The van der Waals surface area contributed by atoms with Crippen LogP contribution in [0.2, 0.25) is 0 Å². The first kappa shape index (κ1) is 24.5. The lowest BCUT2D eigenvalue weighted by atomic mass is 9.89. The molecule has 0 aliphatic carbocycles. The maximum absolute atomic E-state index is 13.5. The van der Waals surface area contributed by atoms with E-state index in [1.807, 2.05) is 26.0 Å². The Kier molecular flexibility index (Phi) is 7.80. The molecule has 2 amide bonds. The zero-order chi connectivity index (χ0) is 24.8. The number of hydrogen-bond donors (Lipinski definition) is 2. The molecule has 1 aliphatic heterocycles. The van der Waals surface area contributed by atoms with Crippen LogP contribution < -0.4 is 15.5 Å². The Bertz CT molecular complexity index is 1170. The second-order valence-corrected chi connectivity index (χ2v) is 9.44. The molecule has 1 fully saturated rings. The van der Waals surface area contributed by atoms with Gasteiger partial charge in [0.1, 0.15) is 5.82 Å². The van der Waals surface area contributed by atoms with Crippen LogP contribution in [0, 0.1) is 11.7 Å². The molecule has 0 spiro atoms. The predicted octanol–water partition coefficient (Wildman–Crippen LogP) is 5.68. The highest BCUT2D eigenvalue weighted by molar-refractivity contribution is 6.06. The molecule has 35 heavy (non-hydrogen) atoms. The second-order valence-electron chi connectivity index (χ2n) is 9.44. The molecule has 0 unspecified atom stereocenters. The lowest BCUT2D eigenvalue weighted by molar-refractivity contribution is 0.0942. The lowest BCUT2D eigenvalue weighted by Gasteiger charge is -2.35. The summed E-state index contributed by atoms with van der Waals surface area (Å²) in [6.45, 7) is 5.58. The van der Waals surface area contributed by atoms with Gasteiger partial charge in [0.2, 0.25) is 0 Å². The standard InChI is InChI=1S/C29H32FN3O2/c1-20(2)31-29(35)26-19-25(32-28(34)23-9-6-10-24(30)18-23)11-12-27(26)33-15-13-22(14-16-33)17-21-7-4-3-5-8-21/h3-12,18-20,22H,13-17H2,1-2H3,(H,31,35)(H,32,34). The van der Waals surface area contributed by atoms with Crippen molar-refractivity contribution in [3.8, 4) is 0 Å². The third-order valence-electron chi connectivity index (χ3n) is 6.33. The molecule has 1 aliphatic rings. The molecular formula is C29H32FN3O2. The van der Waals surface area contributed by atoms with Gasteiger partial charge >= 0.3 is 0 Å². The Morgan fingerprint density at radius 3 is 2.37 bits per heavy atom. The van der Waals surface area contributed by atoms with Gasteiger partial charge in [-0.1, -0.05) is 36.4 Å². The monoisotopic (exact) mass is 473 g/mol. The van der Waals surface area contributed by atoms with E-state index in [2.05, 4.69) is 39.8 Å². The highest BCUT2D eigenvalue weighted by Crippen LogP contribution is 2.30. The van der Waals surface area contributed by atoms with Gasteiger partial charge in [-0.25, -0.2) is 4.39 Å². The first-order chi connectivity index (χ1) is 16.9. The van der Waals surface area contributed by atoms with Crippen molar-refractivity contribution in [3.05, 3.63) is 95.3 Å². The number of piperidine rings is 1. The van der Waals surface area contributed by atoms with Crippen LogP contribution in [0.25, 0.3) is 0 Å². The molecular weight excluding hydrogens is 441 g/mol. The van der Waals surface area contributed by atoms with Crippen molar-refractivity contribution >= 4 is 23.2 Å². The van der Waals surface area contributed by atoms with Crippen LogP contribution in [-0.4, -0.2) is 30.9 Å². The third kappa shape index (κ3) is 6.47. The Morgan fingerprint density at radius 2 is 1.69 bits per heavy atom. The van der Waals surface area contributed by atoms with Gasteiger partial charge in [-0.15, -0.1) is 0 Å². The van der Waals surface area contributed by atoms with E-state index in [9.17, 15) is 14.0 Å².